The summed E-state index contributed by atoms with van der Waals surface area (Å²) in [4.78, 5) is 33.5. The van der Waals surface area contributed by atoms with E-state index >= 15 is 0 Å². The summed E-state index contributed by atoms with van der Waals surface area (Å²) in [5, 5.41) is 35.1. The van der Waals surface area contributed by atoms with Crippen LogP contribution in [0.5, 0.6) is 17.2 Å². The maximum absolute atomic E-state index is 12.7. The molecule has 0 bridgehead atoms. The fourth-order valence-electron chi connectivity index (χ4n) is 3.21. The Morgan fingerprint density at radius 3 is 2.41 bits per heavy atom. The van der Waals surface area contributed by atoms with Crippen molar-refractivity contribution in [2.45, 2.75) is 13.8 Å². The Bertz CT molecular complexity index is 1460. The molecule has 3 rings (SSSR count). The van der Waals surface area contributed by atoms with Gasteiger partial charge < -0.3 is 14.8 Å². The van der Waals surface area contributed by atoms with Gasteiger partial charge in [0.15, 0.2) is 11.5 Å². The number of halogens is 1. The molecule has 0 aliphatic rings. The highest BCUT2D eigenvalue weighted by molar-refractivity contribution is 6.30. The molecule has 11 nitrogen and oxygen atoms in total. The average Bonchev–Trinajstić information content (AvgIpc) is 2.85. The molecule has 188 valence electrons. The highest BCUT2D eigenvalue weighted by Crippen LogP contribution is 2.38. The number of rotatable bonds is 9. The number of nitrogens with zero attached hydrogens (tertiary/aromatic N) is 3. The first-order valence-corrected chi connectivity index (χ1v) is 11.1. The molecule has 1 N–H and O–H groups in total. The molecule has 0 spiro atoms. The molecule has 0 aliphatic carbocycles. The molecule has 3 aromatic carbocycles. The predicted octanol–water partition coefficient (Wildman–Crippen LogP) is 6.20. The quantitative estimate of drug-likeness (QED) is 0.150. The smallest absolute Gasteiger partial charge is 0.318 e. The molecule has 0 radical (unpaired) electrons. The van der Waals surface area contributed by atoms with Gasteiger partial charge >= 0.3 is 5.69 Å². The van der Waals surface area contributed by atoms with Gasteiger partial charge in [-0.15, -0.1) is 0 Å². The molecule has 0 heterocycles. The molecule has 12 heteroatoms. The van der Waals surface area contributed by atoms with Crippen LogP contribution in [-0.2, 0) is 4.79 Å². The summed E-state index contributed by atoms with van der Waals surface area (Å²) >= 11 is 5.94. The molecule has 0 atom stereocenters. The normalized spacial score (nSPS) is 10.8. The van der Waals surface area contributed by atoms with Gasteiger partial charge in [-0.2, -0.15) is 5.26 Å². The van der Waals surface area contributed by atoms with Crippen LogP contribution in [0.15, 0.2) is 60.2 Å². The lowest BCUT2D eigenvalue weighted by molar-refractivity contribution is -0.394. The van der Waals surface area contributed by atoms with Gasteiger partial charge in [0.05, 0.1) is 22.5 Å². The summed E-state index contributed by atoms with van der Waals surface area (Å²) in [6.45, 7) is 3.69. The summed E-state index contributed by atoms with van der Waals surface area (Å²) in [6.07, 6.45) is 1.35. The lowest BCUT2D eigenvalue weighted by Gasteiger charge is -2.13. The number of ether oxygens (including phenoxy) is 2. The van der Waals surface area contributed by atoms with Gasteiger partial charge in [0.1, 0.15) is 11.6 Å². The zero-order valence-electron chi connectivity index (χ0n) is 19.6. The van der Waals surface area contributed by atoms with Crippen molar-refractivity contribution < 1.29 is 24.1 Å². The Labute approximate surface area is 215 Å². The Hall–Kier alpha value is -4.95. The van der Waals surface area contributed by atoms with Crippen molar-refractivity contribution in [2.24, 2.45) is 0 Å². The maximum atomic E-state index is 12.7. The third-order valence-electron chi connectivity index (χ3n) is 4.95. The topological polar surface area (TPSA) is 158 Å². The Kier molecular flexibility index (Phi) is 8.39. The van der Waals surface area contributed by atoms with Crippen LogP contribution >= 0.6 is 11.6 Å². The number of nitriles is 1. The first kappa shape index (κ1) is 26.7. The molecule has 1 amide bonds. The van der Waals surface area contributed by atoms with E-state index in [1.807, 2.05) is 6.07 Å². The van der Waals surface area contributed by atoms with Gasteiger partial charge in [-0.25, -0.2) is 0 Å². The van der Waals surface area contributed by atoms with Crippen LogP contribution in [0.1, 0.15) is 18.1 Å². The number of carbonyl (C=O) groups excluding carboxylic acids is 1. The monoisotopic (exact) mass is 522 g/mol. The number of carbonyl (C=O) groups is 1. The third kappa shape index (κ3) is 6.59. The van der Waals surface area contributed by atoms with Crippen LogP contribution < -0.4 is 14.8 Å². The minimum atomic E-state index is -0.792. The van der Waals surface area contributed by atoms with Crippen molar-refractivity contribution in [1.29, 1.82) is 5.26 Å². The van der Waals surface area contributed by atoms with Gasteiger partial charge in [0.25, 0.3) is 11.6 Å². The van der Waals surface area contributed by atoms with E-state index < -0.39 is 27.1 Å². The number of nitro benzene ring substituents is 2. The Morgan fingerprint density at radius 2 is 1.78 bits per heavy atom. The Balaban J connectivity index is 1.92. The first-order chi connectivity index (χ1) is 17.6. The van der Waals surface area contributed by atoms with E-state index in [1.165, 1.54) is 24.3 Å². The van der Waals surface area contributed by atoms with E-state index in [0.29, 0.717) is 16.3 Å². The first-order valence-electron chi connectivity index (χ1n) is 10.7. The van der Waals surface area contributed by atoms with E-state index in [4.69, 9.17) is 21.1 Å². The van der Waals surface area contributed by atoms with E-state index in [1.54, 1.807) is 32.0 Å². The lowest BCUT2D eigenvalue weighted by Crippen LogP contribution is -2.14. The van der Waals surface area contributed by atoms with E-state index in [2.05, 4.69) is 5.32 Å². The molecule has 0 saturated carbocycles. The van der Waals surface area contributed by atoms with Crippen molar-refractivity contribution in [1.82, 2.24) is 0 Å². The zero-order valence-corrected chi connectivity index (χ0v) is 20.3. The zero-order chi connectivity index (χ0) is 27.1. The number of nitrogens with one attached hydrogen (secondary N) is 1. The van der Waals surface area contributed by atoms with Crippen LogP contribution in [0.25, 0.3) is 6.08 Å². The molecular weight excluding hydrogens is 504 g/mol. The minimum absolute atomic E-state index is 0.0932. The number of benzene rings is 3. The summed E-state index contributed by atoms with van der Waals surface area (Å²) in [5.41, 5.74) is 0.407. The fourth-order valence-corrected chi connectivity index (χ4v) is 3.43. The van der Waals surface area contributed by atoms with Crippen molar-refractivity contribution in [2.75, 3.05) is 11.9 Å². The van der Waals surface area contributed by atoms with Crippen LogP contribution in [0.2, 0.25) is 5.02 Å². The molecule has 0 fully saturated rings. The van der Waals surface area contributed by atoms with Crippen molar-refractivity contribution in [3.63, 3.8) is 0 Å². The molecule has 0 saturated heterocycles. The second kappa shape index (κ2) is 11.7. The fraction of sp³-hybridized carbons (Fsp3) is 0.120. The van der Waals surface area contributed by atoms with Crippen LogP contribution in [0, 0.1) is 38.5 Å². The van der Waals surface area contributed by atoms with Crippen LogP contribution in [0.3, 0.4) is 0 Å². The maximum Gasteiger partial charge on any atom is 0.318 e. The number of non-ortho nitro benzene ring substituents is 1. The highest BCUT2D eigenvalue weighted by Gasteiger charge is 2.22. The number of anilines is 1. The summed E-state index contributed by atoms with van der Waals surface area (Å²) in [7, 11) is 0. The molecule has 37 heavy (non-hydrogen) atoms. The highest BCUT2D eigenvalue weighted by atomic mass is 35.5. The molecule has 0 aromatic heterocycles. The van der Waals surface area contributed by atoms with E-state index in [0.717, 1.165) is 23.8 Å². The largest absolute Gasteiger partial charge is 0.490 e. The minimum Gasteiger partial charge on any atom is -0.490 e. The van der Waals surface area contributed by atoms with Gasteiger partial charge in [0.2, 0.25) is 5.75 Å². The molecule has 3 aromatic rings. The van der Waals surface area contributed by atoms with Crippen LogP contribution in [0.4, 0.5) is 17.1 Å². The standard InChI is InChI=1S/C25H19ClN4O7/c1-3-36-24-12-16(11-17(14-27)25(31)28-20-7-5-18(26)10-15(20)2)4-8-23(24)37-22-9-6-19(29(32)33)13-21(22)30(34)35/h4-13H,3H2,1-2H3,(H,28,31)/b17-11+. The van der Waals surface area contributed by atoms with E-state index in [-0.39, 0.29) is 29.4 Å². The predicted molar refractivity (Wildman–Crippen MR) is 136 cm³/mol. The number of amides is 1. The number of hydrogen-bond donors (Lipinski definition) is 1. The second-order valence-corrected chi connectivity index (χ2v) is 7.93. The lowest BCUT2D eigenvalue weighted by atomic mass is 10.1. The number of hydrogen-bond acceptors (Lipinski definition) is 8. The molecular formula is C25H19ClN4O7. The van der Waals surface area contributed by atoms with Crippen molar-refractivity contribution >= 4 is 40.6 Å². The van der Waals surface area contributed by atoms with Gasteiger partial charge in [-0.05, 0) is 67.4 Å². The third-order valence-corrected chi connectivity index (χ3v) is 5.19. The molecule has 0 aliphatic heterocycles. The van der Waals surface area contributed by atoms with E-state index in [9.17, 15) is 30.3 Å². The summed E-state index contributed by atoms with van der Waals surface area (Å²) < 4.78 is 11.2. The SMILES string of the molecule is CCOc1cc(/C=C(\C#N)C(=O)Nc2ccc(Cl)cc2C)ccc1Oc1ccc([N+](=O)[O-])cc1[N+](=O)[O-]. The summed E-state index contributed by atoms with van der Waals surface area (Å²) in [5.74, 6) is -0.589. The molecule has 0 unspecified atom stereocenters. The van der Waals surface area contributed by atoms with Gasteiger partial charge in [0, 0.05) is 16.8 Å². The average molecular weight is 523 g/mol. The van der Waals surface area contributed by atoms with Crippen molar-refractivity contribution in [3.05, 3.63) is 96.5 Å². The van der Waals surface area contributed by atoms with Crippen molar-refractivity contribution in [3.8, 4) is 23.3 Å². The Morgan fingerprint density at radius 1 is 1.05 bits per heavy atom. The van der Waals surface area contributed by atoms with Crippen LogP contribution in [-0.4, -0.2) is 22.4 Å². The van der Waals surface area contributed by atoms with Gasteiger partial charge in [-0.3, -0.25) is 25.0 Å². The van der Waals surface area contributed by atoms with Gasteiger partial charge in [-0.1, -0.05) is 17.7 Å². The number of aryl methyl sites for hydroxylation is 1. The second-order valence-electron chi connectivity index (χ2n) is 7.49. The summed E-state index contributed by atoms with van der Waals surface area (Å²) in [6, 6.07) is 14.2. The number of nitro groups is 2.